The van der Waals surface area contributed by atoms with E-state index < -0.39 is 0 Å². The van der Waals surface area contributed by atoms with Gasteiger partial charge in [0.2, 0.25) is 0 Å². The minimum Gasteiger partial charge on any atom is -0.381 e. The summed E-state index contributed by atoms with van der Waals surface area (Å²) in [6.07, 6.45) is 6.04. The van der Waals surface area contributed by atoms with Crippen molar-refractivity contribution in [3.05, 3.63) is 23.5 Å². The summed E-state index contributed by atoms with van der Waals surface area (Å²) in [5.41, 5.74) is 1.08. The third kappa shape index (κ3) is 2.40. The number of hydrogen-bond donors (Lipinski definition) is 1. The van der Waals surface area contributed by atoms with Gasteiger partial charge in [-0.15, -0.1) is 22.9 Å². The highest BCUT2D eigenvalue weighted by Gasteiger charge is 2.31. The SMILES string of the molecule is ClCC1(NCc2cn3ccsc3n2)CCOCC1. The maximum Gasteiger partial charge on any atom is 0.193 e. The zero-order chi connectivity index (χ0) is 12.4. The van der Waals surface area contributed by atoms with Crippen LogP contribution in [0.3, 0.4) is 0 Å². The van der Waals surface area contributed by atoms with Gasteiger partial charge in [-0.25, -0.2) is 4.98 Å². The number of nitrogens with zero attached hydrogens (tertiary/aromatic N) is 2. The van der Waals surface area contributed by atoms with Gasteiger partial charge in [-0.3, -0.25) is 4.40 Å². The standard InChI is InChI=1S/C12H16ClN3OS/c13-9-12(1-4-17-5-2-12)14-7-10-8-16-3-6-18-11(16)15-10/h3,6,8,14H,1-2,4-5,7,9H2. The fraction of sp³-hybridized carbons (Fsp3) is 0.583. The van der Waals surface area contributed by atoms with Gasteiger partial charge in [0.1, 0.15) is 0 Å². The molecule has 1 aliphatic rings. The molecule has 0 unspecified atom stereocenters. The molecule has 0 amide bonds. The molecular formula is C12H16ClN3OS. The number of ether oxygens (including phenoxy) is 1. The molecule has 18 heavy (non-hydrogen) atoms. The Kier molecular flexibility index (Phi) is 3.56. The van der Waals surface area contributed by atoms with Gasteiger partial charge >= 0.3 is 0 Å². The van der Waals surface area contributed by atoms with Gasteiger partial charge in [0.05, 0.1) is 5.69 Å². The van der Waals surface area contributed by atoms with Crippen molar-refractivity contribution < 1.29 is 4.74 Å². The highest BCUT2D eigenvalue weighted by molar-refractivity contribution is 7.15. The van der Waals surface area contributed by atoms with Crippen molar-refractivity contribution in [3.8, 4) is 0 Å². The third-order valence-corrected chi connectivity index (χ3v) is 4.78. The van der Waals surface area contributed by atoms with E-state index in [4.69, 9.17) is 16.3 Å². The lowest BCUT2D eigenvalue weighted by molar-refractivity contribution is 0.0458. The van der Waals surface area contributed by atoms with Crippen molar-refractivity contribution in [2.45, 2.75) is 24.9 Å². The second-order valence-corrected chi connectivity index (χ2v) is 5.85. The number of imidazole rings is 1. The van der Waals surface area contributed by atoms with Crippen molar-refractivity contribution in [2.24, 2.45) is 0 Å². The molecule has 6 heteroatoms. The van der Waals surface area contributed by atoms with Crippen molar-refractivity contribution in [1.29, 1.82) is 0 Å². The number of halogens is 1. The van der Waals surface area contributed by atoms with Crippen LogP contribution in [0.2, 0.25) is 0 Å². The number of thiazole rings is 1. The highest BCUT2D eigenvalue weighted by Crippen LogP contribution is 2.23. The third-order valence-electron chi connectivity index (χ3n) is 3.49. The van der Waals surface area contributed by atoms with E-state index in [1.807, 2.05) is 11.6 Å². The van der Waals surface area contributed by atoms with E-state index in [9.17, 15) is 0 Å². The molecule has 0 aliphatic carbocycles. The van der Waals surface area contributed by atoms with Crippen LogP contribution in [0.5, 0.6) is 0 Å². The van der Waals surface area contributed by atoms with E-state index in [0.717, 1.165) is 43.3 Å². The molecule has 0 radical (unpaired) electrons. The highest BCUT2D eigenvalue weighted by atomic mass is 35.5. The van der Waals surface area contributed by atoms with Crippen LogP contribution in [0.4, 0.5) is 0 Å². The quantitative estimate of drug-likeness (QED) is 0.876. The maximum atomic E-state index is 6.12. The molecule has 0 aromatic carbocycles. The van der Waals surface area contributed by atoms with Gasteiger partial charge < -0.3 is 10.1 Å². The zero-order valence-electron chi connectivity index (χ0n) is 10.1. The Morgan fingerprint density at radius 3 is 3.06 bits per heavy atom. The second-order valence-electron chi connectivity index (χ2n) is 4.70. The molecule has 1 saturated heterocycles. The first-order chi connectivity index (χ1) is 8.81. The number of aromatic nitrogens is 2. The largest absolute Gasteiger partial charge is 0.381 e. The molecule has 98 valence electrons. The fourth-order valence-corrected chi connectivity index (χ4v) is 3.34. The molecular weight excluding hydrogens is 270 g/mol. The first kappa shape index (κ1) is 12.4. The molecule has 1 N–H and O–H groups in total. The number of fused-ring (bicyclic) bond motifs is 1. The van der Waals surface area contributed by atoms with Crippen LogP contribution < -0.4 is 5.32 Å². The first-order valence-electron chi connectivity index (χ1n) is 6.11. The zero-order valence-corrected chi connectivity index (χ0v) is 11.6. The van der Waals surface area contributed by atoms with E-state index in [-0.39, 0.29) is 5.54 Å². The summed E-state index contributed by atoms with van der Waals surface area (Å²) >= 11 is 7.77. The van der Waals surface area contributed by atoms with Crippen molar-refractivity contribution >= 4 is 27.9 Å². The lowest BCUT2D eigenvalue weighted by Gasteiger charge is -2.36. The van der Waals surface area contributed by atoms with E-state index >= 15 is 0 Å². The molecule has 0 bridgehead atoms. The topological polar surface area (TPSA) is 38.6 Å². The Hall–Kier alpha value is -0.620. The lowest BCUT2D eigenvalue weighted by atomic mass is 9.92. The summed E-state index contributed by atoms with van der Waals surface area (Å²) in [5, 5.41) is 5.61. The van der Waals surface area contributed by atoms with E-state index in [1.54, 1.807) is 11.3 Å². The van der Waals surface area contributed by atoms with Crippen LogP contribution in [-0.2, 0) is 11.3 Å². The molecule has 2 aromatic rings. The van der Waals surface area contributed by atoms with Gasteiger partial charge in [0.25, 0.3) is 0 Å². The van der Waals surface area contributed by atoms with Crippen molar-refractivity contribution in [2.75, 3.05) is 19.1 Å². The van der Waals surface area contributed by atoms with Gasteiger partial charge in [-0.2, -0.15) is 0 Å². The molecule has 0 spiro atoms. The second kappa shape index (κ2) is 5.17. The molecule has 0 atom stereocenters. The van der Waals surface area contributed by atoms with Crippen LogP contribution in [0.1, 0.15) is 18.5 Å². The van der Waals surface area contributed by atoms with Crippen molar-refractivity contribution in [1.82, 2.24) is 14.7 Å². The van der Waals surface area contributed by atoms with E-state index in [0.29, 0.717) is 5.88 Å². The minimum absolute atomic E-state index is 0.0108. The smallest absolute Gasteiger partial charge is 0.193 e. The number of rotatable bonds is 4. The van der Waals surface area contributed by atoms with Crippen LogP contribution in [0.25, 0.3) is 4.96 Å². The Morgan fingerprint density at radius 1 is 1.50 bits per heavy atom. The predicted molar refractivity (Wildman–Crippen MR) is 73.4 cm³/mol. The molecule has 0 saturated carbocycles. The van der Waals surface area contributed by atoms with E-state index in [1.165, 1.54) is 0 Å². The number of alkyl halides is 1. The molecule has 4 nitrogen and oxygen atoms in total. The lowest BCUT2D eigenvalue weighted by Crippen LogP contribution is -2.50. The molecule has 3 heterocycles. The number of nitrogens with one attached hydrogen (secondary N) is 1. The molecule has 2 aromatic heterocycles. The average Bonchev–Trinajstić information content (AvgIpc) is 2.98. The Bertz CT molecular complexity index is 490. The van der Waals surface area contributed by atoms with Crippen LogP contribution in [-0.4, -0.2) is 34.0 Å². The Morgan fingerprint density at radius 2 is 2.33 bits per heavy atom. The van der Waals surface area contributed by atoms with Gasteiger partial charge in [0.15, 0.2) is 4.96 Å². The minimum atomic E-state index is 0.0108. The summed E-state index contributed by atoms with van der Waals surface area (Å²) < 4.78 is 7.45. The first-order valence-corrected chi connectivity index (χ1v) is 7.53. The van der Waals surface area contributed by atoms with E-state index in [2.05, 4.69) is 20.9 Å². The van der Waals surface area contributed by atoms with Crippen LogP contribution >= 0.6 is 22.9 Å². The average molecular weight is 286 g/mol. The molecule has 1 aliphatic heterocycles. The Balaban J connectivity index is 1.67. The summed E-state index contributed by atoms with van der Waals surface area (Å²) in [7, 11) is 0. The van der Waals surface area contributed by atoms with Crippen molar-refractivity contribution in [3.63, 3.8) is 0 Å². The monoisotopic (exact) mass is 285 g/mol. The number of hydrogen-bond acceptors (Lipinski definition) is 4. The van der Waals surface area contributed by atoms with Gasteiger partial charge in [0, 0.05) is 49.0 Å². The van der Waals surface area contributed by atoms with Crippen LogP contribution in [0.15, 0.2) is 17.8 Å². The summed E-state index contributed by atoms with van der Waals surface area (Å²) in [6, 6.07) is 0. The van der Waals surface area contributed by atoms with Gasteiger partial charge in [-0.05, 0) is 12.8 Å². The molecule has 1 fully saturated rings. The summed E-state index contributed by atoms with van der Waals surface area (Å²) in [6.45, 7) is 2.34. The normalized spacial score (nSPS) is 19.4. The maximum absolute atomic E-state index is 6.12. The van der Waals surface area contributed by atoms with Crippen LogP contribution in [0, 0.1) is 0 Å². The Labute approximate surface area is 115 Å². The summed E-state index contributed by atoms with van der Waals surface area (Å²) in [4.78, 5) is 5.61. The fourth-order valence-electron chi connectivity index (χ4n) is 2.26. The van der Waals surface area contributed by atoms with Gasteiger partial charge in [-0.1, -0.05) is 0 Å². The summed E-state index contributed by atoms with van der Waals surface area (Å²) in [5.74, 6) is 0.624. The molecule has 3 rings (SSSR count). The predicted octanol–water partition coefficient (Wildman–Crippen LogP) is 2.27.